The van der Waals surface area contributed by atoms with Gasteiger partial charge < -0.3 is 10.1 Å². The van der Waals surface area contributed by atoms with Crippen molar-refractivity contribution in [1.29, 1.82) is 0 Å². The smallest absolute Gasteiger partial charge is 0.344 e. The van der Waals surface area contributed by atoms with Crippen molar-refractivity contribution in [1.82, 2.24) is 20.2 Å². The van der Waals surface area contributed by atoms with E-state index in [-0.39, 0.29) is 25.1 Å². The fraction of sp³-hybridized carbons (Fsp3) is 0.600. The highest BCUT2D eigenvalue weighted by Gasteiger charge is 2.33. The van der Waals surface area contributed by atoms with Crippen molar-refractivity contribution in [3.63, 3.8) is 0 Å². The number of carbonyl (C=O) groups is 1. The summed E-state index contributed by atoms with van der Waals surface area (Å²) < 4.78 is 14.6. The van der Waals surface area contributed by atoms with E-state index in [4.69, 9.17) is 14.1 Å². The van der Waals surface area contributed by atoms with Gasteiger partial charge in [-0.2, -0.15) is 22.9 Å². The number of aryl methyl sites for hydroxylation is 2. The van der Waals surface area contributed by atoms with Gasteiger partial charge in [0.05, 0.1) is 11.6 Å². The quantitative estimate of drug-likeness (QED) is 0.288. The SMILES string of the molecule is COC1CN(CC(C)(C)n2ccc(N(C)SONC(=O)Nc3c4c(cc5c3CCC5)CCC4)n2)C1.S. The molecule has 2 N–H and O–H groups in total. The second-order valence-electron chi connectivity index (χ2n) is 10.4. The van der Waals surface area contributed by atoms with Crippen molar-refractivity contribution in [2.24, 2.45) is 0 Å². The van der Waals surface area contributed by atoms with Crippen LogP contribution in [0.25, 0.3) is 0 Å². The Bertz CT molecular complexity index is 1050. The van der Waals surface area contributed by atoms with Gasteiger partial charge in [-0.1, -0.05) is 6.07 Å². The van der Waals surface area contributed by atoms with Crippen LogP contribution < -0.4 is 15.1 Å². The summed E-state index contributed by atoms with van der Waals surface area (Å²) in [7, 11) is 3.62. The Balaban J connectivity index is 0.00000304. The molecule has 1 fully saturated rings. The largest absolute Gasteiger partial charge is 0.379 e. The first-order valence-corrected chi connectivity index (χ1v) is 13.2. The Labute approximate surface area is 225 Å². The van der Waals surface area contributed by atoms with Gasteiger partial charge in [0, 0.05) is 51.7 Å². The number of methoxy groups -OCH3 is 1. The first kappa shape index (κ1) is 27.1. The van der Waals surface area contributed by atoms with E-state index in [1.54, 1.807) is 11.4 Å². The average Bonchev–Trinajstić information content (AvgIpc) is 3.56. The van der Waals surface area contributed by atoms with Crippen LogP contribution in [-0.4, -0.2) is 60.6 Å². The predicted molar refractivity (Wildman–Crippen MR) is 149 cm³/mol. The Morgan fingerprint density at radius 1 is 1.19 bits per heavy atom. The Morgan fingerprint density at radius 3 is 2.50 bits per heavy atom. The molecule has 0 atom stereocenters. The summed E-state index contributed by atoms with van der Waals surface area (Å²) in [5.41, 5.74) is 8.75. The maximum atomic E-state index is 12.6. The summed E-state index contributed by atoms with van der Waals surface area (Å²) in [5.74, 6) is 0.752. The molecule has 0 unspecified atom stereocenters. The molecular weight excluding hydrogens is 496 g/mol. The molecule has 2 heterocycles. The first-order chi connectivity index (χ1) is 16.8. The number of amides is 2. The van der Waals surface area contributed by atoms with Gasteiger partial charge in [-0.15, -0.1) is 0 Å². The molecule has 2 aromatic rings. The molecule has 1 aromatic carbocycles. The van der Waals surface area contributed by atoms with Crippen molar-refractivity contribution in [3.05, 3.63) is 40.6 Å². The molecule has 0 saturated carbocycles. The van der Waals surface area contributed by atoms with Crippen LogP contribution >= 0.6 is 25.7 Å². The Hall–Kier alpha value is -1.92. The highest BCUT2D eigenvalue weighted by atomic mass is 32.2. The second kappa shape index (κ2) is 11.2. The van der Waals surface area contributed by atoms with Crippen molar-refractivity contribution in [2.75, 3.05) is 43.4 Å². The van der Waals surface area contributed by atoms with E-state index in [0.29, 0.717) is 6.10 Å². The zero-order chi connectivity index (χ0) is 24.6. The molecule has 11 heteroatoms. The van der Waals surface area contributed by atoms with E-state index in [1.165, 1.54) is 22.3 Å². The van der Waals surface area contributed by atoms with Gasteiger partial charge >= 0.3 is 6.03 Å². The highest BCUT2D eigenvalue weighted by molar-refractivity contribution is 7.96. The lowest BCUT2D eigenvalue weighted by molar-refractivity contribution is -0.0431. The second-order valence-corrected chi connectivity index (χ2v) is 11.3. The van der Waals surface area contributed by atoms with Gasteiger partial charge in [0.25, 0.3) is 0 Å². The molecule has 0 radical (unpaired) electrons. The maximum absolute atomic E-state index is 12.6. The van der Waals surface area contributed by atoms with Gasteiger partial charge in [-0.3, -0.25) is 13.9 Å². The molecule has 2 amide bonds. The van der Waals surface area contributed by atoms with Gasteiger partial charge in [0.1, 0.15) is 12.2 Å². The van der Waals surface area contributed by atoms with E-state index in [9.17, 15) is 4.79 Å². The number of nitrogens with one attached hydrogen (secondary N) is 2. The highest BCUT2D eigenvalue weighted by Crippen LogP contribution is 2.38. The Kier molecular flexibility index (Phi) is 8.45. The van der Waals surface area contributed by atoms with Crippen molar-refractivity contribution in [3.8, 4) is 0 Å². The van der Waals surface area contributed by atoms with Gasteiger partial charge in [0.2, 0.25) is 0 Å². The van der Waals surface area contributed by atoms with Crippen molar-refractivity contribution in [2.45, 2.75) is 64.0 Å². The maximum Gasteiger partial charge on any atom is 0.344 e. The molecule has 1 aliphatic heterocycles. The van der Waals surface area contributed by atoms with Gasteiger partial charge in [-0.05, 0) is 74.6 Å². The van der Waals surface area contributed by atoms with Crippen LogP contribution in [0.1, 0.15) is 48.9 Å². The summed E-state index contributed by atoms with van der Waals surface area (Å²) in [6.45, 7) is 7.17. The van der Waals surface area contributed by atoms with Gasteiger partial charge in [-0.25, -0.2) is 10.3 Å². The summed E-state index contributed by atoms with van der Waals surface area (Å²) in [6, 6.07) is 3.95. The van der Waals surface area contributed by atoms with Crippen molar-refractivity contribution >= 4 is 43.3 Å². The molecule has 0 bridgehead atoms. The first-order valence-electron chi connectivity index (χ1n) is 12.5. The number of hydrogen-bond acceptors (Lipinski definition) is 7. The van der Waals surface area contributed by atoms with Gasteiger partial charge in [0.15, 0.2) is 5.82 Å². The average molecular weight is 535 g/mol. The number of benzene rings is 1. The number of urea groups is 1. The number of rotatable bonds is 9. The van der Waals surface area contributed by atoms with E-state index >= 15 is 0 Å². The summed E-state index contributed by atoms with van der Waals surface area (Å²) >= 11 is 1.03. The van der Waals surface area contributed by atoms with Crippen LogP contribution in [0.5, 0.6) is 0 Å². The normalized spacial score (nSPS) is 17.2. The third kappa shape index (κ3) is 5.65. The molecule has 198 valence electrons. The van der Waals surface area contributed by atoms with Crippen molar-refractivity contribution < 1.29 is 13.8 Å². The van der Waals surface area contributed by atoms with Crippen LogP contribution in [0.15, 0.2) is 18.3 Å². The molecule has 9 nitrogen and oxygen atoms in total. The third-order valence-electron chi connectivity index (χ3n) is 7.38. The Morgan fingerprint density at radius 2 is 1.86 bits per heavy atom. The third-order valence-corrected chi connectivity index (χ3v) is 7.95. The molecule has 36 heavy (non-hydrogen) atoms. The van der Waals surface area contributed by atoms with Crippen LogP contribution in [0.2, 0.25) is 0 Å². The fourth-order valence-electron chi connectivity index (χ4n) is 5.50. The topological polar surface area (TPSA) is 83.9 Å². The molecule has 1 saturated heterocycles. The van der Waals surface area contributed by atoms with E-state index in [1.807, 2.05) is 24.0 Å². The number of hydrogen-bond donors (Lipinski definition) is 2. The number of likely N-dealkylation sites (tertiary alicyclic amines) is 1. The zero-order valence-electron chi connectivity index (χ0n) is 21.6. The van der Waals surface area contributed by atoms with Crippen LogP contribution in [-0.2, 0) is 40.2 Å². The lowest BCUT2D eigenvalue weighted by atomic mass is 9.99. The summed E-state index contributed by atoms with van der Waals surface area (Å²) in [5, 5.41) is 7.81. The predicted octanol–water partition coefficient (Wildman–Crippen LogP) is 3.79. The number of aromatic nitrogens is 2. The lowest BCUT2D eigenvalue weighted by Gasteiger charge is -2.42. The van der Waals surface area contributed by atoms with E-state index < -0.39 is 0 Å². The van der Waals surface area contributed by atoms with Crippen LogP contribution in [0, 0.1) is 0 Å². The molecular formula is C25H38N6O3S2. The lowest BCUT2D eigenvalue weighted by Crippen LogP contribution is -2.56. The minimum Gasteiger partial charge on any atom is -0.379 e. The summed E-state index contributed by atoms with van der Waals surface area (Å²) in [4.78, 5) is 15.0. The molecule has 3 aliphatic rings. The number of fused-ring (bicyclic) bond motifs is 2. The minimum absolute atomic E-state index is 0. The number of anilines is 2. The number of ether oxygens (including phenoxy) is 1. The van der Waals surface area contributed by atoms with Crippen LogP contribution in [0.3, 0.4) is 0 Å². The monoisotopic (exact) mass is 534 g/mol. The number of nitrogens with zero attached hydrogens (tertiary/aromatic N) is 4. The van der Waals surface area contributed by atoms with E-state index in [0.717, 1.165) is 81.9 Å². The molecule has 1 aromatic heterocycles. The molecule has 5 rings (SSSR count). The molecule has 2 aliphatic carbocycles. The van der Waals surface area contributed by atoms with E-state index in [2.05, 4.69) is 35.6 Å². The fourth-order valence-corrected chi connectivity index (χ4v) is 5.89. The minimum atomic E-state index is -0.351. The summed E-state index contributed by atoms with van der Waals surface area (Å²) in [6.07, 6.45) is 8.89. The van der Waals surface area contributed by atoms with Crippen LogP contribution in [0.4, 0.5) is 16.3 Å². The molecule has 0 spiro atoms. The number of hydroxylamine groups is 1. The number of carbonyl (C=O) groups excluding carboxylic acids is 1. The zero-order valence-corrected chi connectivity index (χ0v) is 23.4. The standard InChI is InChI=1S/C25H36N6O3S.H2S/c1-25(2,16-30-14-19(15-30)33-4)31-12-11-22(27-31)29(3)35-34-28-24(32)26-23-20-9-5-7-17(20)13-18-8-6-10-21(18)23;/h11-13,19H,5-10,14-16H2,1-4H3,(H2,26,28,32);1H2.